The molecule has 0 unspecified atom stereocenters. The van der Waals surface area contributed by atoms with Crippen LogP contribution in [0.2, 0.25) is 0 Å². The second kappa shape index (κ2) is 5.01. The van der Waals surface area contributed by atoms with Crippen molar-refractivity contribution < 1.29 is 9.63 Å². The molecule has 0 aliphatic rings. The third-order valence-electron chi connectivity index (χ3n) is 2.82. The van der Waals surface area contributed by atoms with Gasteiger partial charge in [0.2, 0.25) is 5.89 Å². The number of aromatic hydroxyl groups is 1. The topological polar surface area (TPSA) is 85.2 Å². The lowest BCUT2D eigenvalue weighted by atomic mass is 9.96. The molecule has 0 bridgehead atoms. The zero-order valence-corrected chi connectivity index (χ0v) is 11.4. The molecule has 0 aliphatic heterocycles. The summed E-state index contributed by atoms with van der Waals surface area (Å²) in [6.07, 6.45) is 0.589. The van der Waals surface area contributed by atoms with Gasteiger partial charge in [-0.25, -0.2) is 0 Å². The Bertz CT molecular complexity index is 541. The van der Waals surface area contributed by atoms with Crippen LogP contribution in [0.1, 0.15) is 44.1 Å². The van der Waals surface area contributed by atoms with Crippen molar-refractivity contribution in [3.05, 3.63) is 41.5 Å². The highest BCUT2D eigenvalue weighted by Gasteiger charge is 2.23. The van der Waals surface area contributed by atoms with Gasteiger partial charge < -0.3 is 15.4 Å². The molecule has 0 saturated heterocycles. The van der Waals surface area contributed by atoms with E-state index in [1.807, 2.05) is 32.9 Å². The van der Waals surface area contributed by atoms with Crippen molar-refractivity contribution in [2.24, 2.45) is 5.73 Å². The molecule has 1 atom stereocenters. The Morgan fingerprint density at radius 2 is 1.89 bits per heavy atom. The number of nitrogens with two attached hydrogens (primary N) is 1. The molecule has 5 heteroatoms. The molecule has 1 aromatic heterocycles. The van der Waals surface area contributed by atoms with Crippen LogP contribution in [0.25, 0.3) is 0 Å². The molecule has 19 heavy (non-hydrogen) atoms. The molecular formula is C14H19N3O2. The fourth-order valence-electron chi connectivity index (χ4n) is 1.66. The van der Waals surface area contributed by atoms with Gasteiger partial charge >= 0.3 is 0 Å². The Morgan fingerprint density at radius 3 is 2.42 bits per heavy atom. The van der Waals surface area contributed by atoms with E-state index in [1.165, 1.54) is 0 Å². The lowest BCUT2D eigenvalue weighted by Crippen LogP contribution is -2.16. The van der Waals surface area contributed by atoms with Crippen molar-refractivity contribution in [2.45, 2.75) is 38.6 Å². The first-order valence-electron chi connectivity index (χ1n) is 6.24. The number of nitrogens with zero attached hydrogens (tertiary/aromatic N) is 2. The maximum atomic E-state index is 9.23. The van der Waals surface area contributed by atoms with E-state index in [2.05, 4.69) is 10.1 Å². The Balaban J connectivity index is 2.09. The number of aromatic nitrogens is 2. The molecule has 3 N–H and O–H groups in total. The SMILES string of the molecule is CC(C)(C)c1noc([C@@H](N)Cc2ccc(O)cc2)n1. The summed E-state index contributed by atoms with van der Waals surface area (Å²) in [6.45, 7) is 6.06. The summed E-state index contributed by atoms with van der Waals surface area (Å²) in [6, 6.07) is 6.59. The highest BCUT2D eigenvalue weighted by molar-refractivity contribution is 5.26. The van der Waals surface area contributed by atoms with Gasteiger partial charge in [-0.1, -0.05) is 38.1 Å². The Kier molecular flexibility index (Phi) is 3.57. The standard InChI is InChI=1S/C14H19N3O2/c1-14(2,3)13-16-12(19-17-13)11(15)8-9-4-6-10(18)7-5-9/h4-7,11,18H,8,15H2,1-3H3/t11-/m0/s1. The van der Waals surface area contributed by atoms with Gasteiger partial charge in [-0.3, -0.25) is 0 Å². The zero-order chi connectivity index (χ0) is 14.0. The number of phenolic OH excluding ortho intramolecular Hbond substituents is 1. The molecule has 0 spiro atoms. The third kappa shape index (κ3) is 3.32. The van der Waals surface area contributed by atoms with Crippen LogP contribution in [0.4, 0.5) is 0 Å². The van der Waals surface area contributed by atoms with Crippen molar-refractivity contribution in [2.75, 3.05) is 0 Å². The first-order valence-corrected chi connectivity index (χ1v) is 6.24. The van der Waals surface area contributed by atoms with Crippen LogP contribution in [-0.4, -0.2) is 15.2 Å². The third-order valence-corrected chi connectivity index (χ3v) is 2.82. The smallest absolute Gasteiger partial charge is 0.243 e. The molecule has 1 heterocycles. The predicted molar refractivity (Wildman–Crippen MR) is 71.7 cm³/mol. The molecule has 1 aromatic carbocycles. The van der Waals surface area contributed by atoms with E-state index in [-0.39, 0.29) is 17.2 Å². The molecule has 2 aromatic rings. The number of hydrogen-bond donors (Lipinski definition) is 2. The van der Waals surface area contributed by atoms with Crippen molar-refractivity contribution in [3.63, 3.8) is 0 Å². The summed E-state index contributed by atoms with van der Waals surface area (Å²) in [4.78, 5) is 4.34. The first-order chi connectivity index (χ1) is 8.86. The van der Waals surface area contributed by atoms with E-state index in [9.17, 15) is 5.11 Å². The lowest BCUT2D eigenvalue weighted by Gasteiger charge is -2.11. The fraction of sp³-hybridized carbons (Fsp3) is 0.429. The summed E-state index contributed by atoms with van der Waals surface area (Å²) >= 11 is 0. The minimum atomic E-state index is -0.340. The second-order valence-electron chi connectivity index (χ2n) is 5.68. The van der Waals surface area contributed by atoms with Gasteiger partial charge in [0.1, 0.15) is 5.75 Å². The normalized spacial score (nSPS) is 13.5. The van der Waals surface area contributed by atoms with Crippen molar-refractivity contribution in [3.8, 4) is 5.75 Å². The van der Waals surface area contributed by atoms with Crippen LogP contribution in [0.5, 0.6) is 5.75 Å². The largest absolute Gasteiger partial charge is 0.508 e. The average molecular weight is 261 g/mol. The van der Waals surface area contributed by atoms with Gasteiger partial charge in [0.25, 0.3) is 0 Å². The monoisotopic (exact) mass is 261 g/mol. The summed E-state index contributed by atoms with van der Waals surface area (Å²) < 4.78 is 5.21. The number of hydrogen-bond acceptors (Lipinski definition) is 5. The van der Waals surface area contributed by atoms with E-state index in [0.29, 0.717) is 18.1 Å². The molecule has 2 rings (SSSR count). The number of benzene rings is 1. The van der Waals surface area contributed by atoms with Crippen molar-refractivity contribution in [1.82, 2.24) is 10.1 Å². The van der Waals surface area contributed by atoms with Crippen LogP contribution in [0, 0.1) is 0 Å². The van der Waals surface area contributed by atoms with Crippen LogP contribution in [0.15, 0.2) is 28.8 Å². The van der Waals surface area contributed by atoms with E-state index in [0.717, 1.165) is 5.56 Å². The minimum absolute atomic E-state index is 0.153. The van der Waals surface area contributed by atoms with Gasteiger partial charge in [0.05, 0.1) is 6.04 Å². The second-order valence-corrected chi connectivity index (χ2v) is 5.68. The molecule has 0 aliphatic carbocycles. The highest BCUT2D eigenvalue weighted by atomic mass is 16.5. The summed E-state index contributed by atoms with van der Waals surface area (Å²) in [5, 5.41) is 13.2. The van der Waals surface area contributed by atoms with Crippen LogP contribution in [0.3, 0.4) is 0 Å². The maximum Gasteiger partial charge on any atom is 0.243 e. The molecule has 0 fully saturated rings. The van der Waals surface area contributed by atoms with Crippen LogP contribution < -0.4 is 5.73 Å². The summed E-state index contributed by atoms with van der Waals surface area (Å²) in [7, 11) is 0. The average Bonchev–Trinajstić information content (AvgIpc) is 2.81. The molecule has 5 nitrogen and oxygen atoms in total. The van der Waals surface area contributed by atoms with Gasteiger partial charge in [-0.15, -0.1) is 0 Å². The zero-order valence-electron chi connectivity index (χ0n) is 11.4. The number of phenols is 1. The molecular weight excluding hydrogens is 242 g/mol. The van der Waals surface area contributed by atoms with Gasteiger partial charge in [-0.2, -0.15) is 4.98 Å². The highest BCUT2D eigenvalue weighted by Crippen LogP contribution is 2.22. The van der Waals surface area contributed by atoms with Gasteiger partial charge in [0, 0.05) is 5.41 Å². The molecule has 102 valence electrons. The van der Waals surface area contributed by atoms with Gasteiger partial charge in [-0.05, 0) is 24.1 Å². The quantitative estimate of drug-likeness (QED) is 0.885. The fourth-order valence-corrected chi connectivity index (χ4v) is 1.66. The van der Waals surface area contributed by atoms with Crippen molar-refractivity contribution >= 4 is 0 Å². The molecule has 0 radical (unpaired) electrons. The van der Waals surface area contributed by atoms with E-state index in [4.69, 9.17) is 10.3 Å². The van der Waals surface area contributed by atoms with Crippen molar-refractivity contribution in [1.29, 1.82) is 0 Å². The summed E-state index contributed by atoms with van der Waals surface area (Å²) in [5.74, 6) is 1.34. The molecule has 0 saturated carbocycles. The Hall–Kier alpha value is -1.88. The number of rotatable bonds is 3. The predicted octanol–water partition coefficient (Wildman–Crippen LogP) is 2.32. The molecule has 0 amide bonds. The van der Waals surface area contributed by atoms with E-state index < -0.39 is 0 Å². The summed E-state index contributed by atoms with van der Waals surface area (Å²) in [5.41, 5.74) is 6.92. The lowest BCUT2D eigenvalue weighted by molar-refractivity contribution is 0.343. The van der Waals surface area contributed by atoms with Gasteiger partial charge in [0.15, 0.2) is 5.82 Å². The van der Waals surface area contributed by atoms with Crippen LogP contribution in [-0.2, 0) is 11.8 Å². The Morgan fingerprint density at radius 1 is 1.26 bits per heavy atom. The Labute approximate surface area is 112 Å². The van der Waals surface area contributed by atoms with Crippen LogP contribution >= 0.6 is 0 Å². The minimum Gasteiger partial charge on any atom is -0.508 e. The van der Waals surface area contributed by atoms with E-state index in [1.54, 1.807) is 12.1 Å². The first kappa shape index (κ1) is 13.5. The maximum absolute atomic E-state index is 9.23. The van der Waals surface area contributed by atoms with E-state index >= 15 is 0 Å².